The van der Waals surface area contributed by atoms with Crippen molar-refractivity contribution in [2.24, 2.45) is 5.92 Å². The normalized spacial score (nSPS) is 17.8. The van der Waals surface area contributed by atoms with Gasteiger partial charge < -0.3 is 14.7 Å². The first-order valence-electron chi connectivity index (χ1n) is 9.14. The minimum absolute atomic E-state index is 0.140. The lowest BCUT2D eigenvalue weighted by atomic mass is 10.0. The summed E-state index contributed by atoms with van der Waals surface area (Å²) in [5, 5.41) is 15.0. The molecular weight excluding hydrogens is 322 g/mol. The molecule has 7 heteroatoms. The molecule has 0 bridgehead atoms. The van der Waals surface area contributed by atoms with Gasteiger partial charge in [-0.25, -0.2) is 9.48 Å². The second kappa shape index (κ2) is 8.36. The fraction of sp³-hybridized carbons (Fsp3) is 0.722. The van der Waals surface area contributed by atoms with Crippen LogP contribution in [0.5, 0.6) is 5.75 Å². The number of aromatic hydroxyl groups is 1. The highest BCUT2D eigenvalue weighted by Gasteiger charge is 2.29. The Labute approximate surface area is 148 Å². The van der Waals surface area contributed by atoms with E-state index in [2.05, 4.69) is 25.9 Å². The van der Waals surface area contributed by atoms with E-state index in [1.807, 2.05) is 4.90 Å². The van der Waals surface area contributed by atoms with Gasteiger partial charge >= 0.3 is 5.97 Å². The third-order valence-electron chi connectivity index (χ3n) is 4.59. The molecule has 1 aromatic heterocycles. The Morgan fingerprint density at radius 1 is 1.40 bits per heavy atom. The zero-order chi connectivity index (χ0) is 18.6. The van der Waals surface area contributed by atoms with Gasteiger partial charge in [-0.3, -0.25) is 4.79 Å². The predicted octanol–water partition coefficient (Wildman–Crippen LogP) is 2.55. The van der Waals surface area contributed by atoms with Crippen LogP contribution in [0.25, 0.3) is 0 Å². The molecule has 2 heterocycles. The summed E-state index contributed by atoms with van der Waals surface area (Å²) in [4.78, 5) is 26.9. The minimum Gasteiger partial charge on any atom is -0.503 e. The molecule has 0 aliphatic carbocycles. The highest BCUT2D eigenvalue weighted by Crippen LogP contribution is 2.31. The Morgan fingerprint density at radius 3 is 2.72 bits per heavy atom. The average Bonchev–Trinajstić information content (AvgIpc) is 2.55. The number of carbonyl (C=O) groups is 1. The molecule has 1 atom stereocenters. The van der Waals surface area contributed by atoms with Crippen molar-refractivity contribution in [3.8, 4) is 5.75 Å². The van der Waals surface area contributed by atoms with E-state index < -0.39 is 11.5 Å². The maximum absolute atomic E-state index is 12.7. The van der Waals surface area contributed by atoms with Crippen LogP contribution in [0.3, 0.4) is 0 Å². The van der Waals surface area contributed by atoms with Crippen molar-refractivity contribution in [1.29, 1.82) is 0 Å². The number of piperidine rings is 1. The van der Waals surface area contributed by atoms with Gasteiger partial charge in [0.1, 0.15) is 0 Å². The first-order valence-corrected chi connectivity index (χ1v) is 9.14. The Balaban J connectivity index is 2.53. The third-order valence-corrected chi connectivity index (χ3v) is 4.59. The highest BCUT2D eigenvalue weighted by atomic mass is 16.5. The van der Waals surface area contributed by atoms with Gasteiger partial charge in [0.05, 0.1) is 6.61 Å². The lowest BCUT2D eigenvalue weighted by molar-refractivity contribution is 0.0519. The lowest BCUT2D eigenvalue weighted by Gasteiger charge is -2.35. The zero-order valence-corrected chi connectivity index (χ0v) is 15.6. The molecule has 0 amide bonds. The first kappa shape index (κ1) is 19.3. The van der Waals surface area contributed by atoms with Crippen molar-refractivity contribution in [3.63, 3.8) is 0 Å². The quantitative estimate of drug-likeness (QED) is 0.793. The van der Waals surface area contributed by atoms with Crippen LogP contribution in [-0.4, -0.2) is 40.0 Å². The number of nitrogens with zero attached hydrogens (tertiary/aromatic N) is 3. The number of anilines is 1. The molecule has 1 aliphatic rings. The summed E-state index contributed by atoms with van der Waals surface area (Å²) in [5.41, 5.74) is -0.904. The van der Waals surface area contributed by atoms with E-state index in [9.17, 15) is 14.7 Å². The van der Waals surface area contributed by atoms with Crippen LogP contribution in [-0.2, 0) is 11.3 Å². The van der Waals surface area contributed by atoms with Gasteiger partial charge in [0.25, 0.3) is 5.56 Å². The van der Waals surface area contributed by atoms with E-state index >= 15 is 0 Å². The standard InChI is InChI=1S/C18H29N3O4/c1-5-25-18(24)14-15(22)16(20-10-7-6-8-13(20)4)19-21(17(14)23)11-9-12(2)3/h12-13,22H,5-11H2,1-4H3. The summed E-state index contributed by atoms with van der Waals surface area (Å²) in [6, 6.07) is 0.193. The maximum Gasteiger partial charge on any atom is 0.347 e. The van der Waals surface area contributed by atoms with Gasteiger partial charge in [-0.05, 0) is 45.4 Å². The Morgan fingerprint density at radius 2 is 2.12 bits per heavy atom. The molecule has 2 rings (SSSR count). The Hall–Kier alpha value is -2.05. The fourth-order valence-corrected chi connectivity index (χ4v) is 3.07. The summed E-state index contributed by atoms with van der Waals surface area (Å²) < 4.78 is 6.28. The topological polar surface area (TPSA) is 84.7 Å². The van der Waals surface area contributed by atoms with Crippen LogP contribution >= 0.6 is 0 Å². The first-order chi connectivity index (χ1) is 11.9. The molecular formula is C18H29N3O4. The van der Waals surface area contributed by atoms with Crippen LogP contribution in [0.15, 0.2) is 4.79 Å². The summed E-state index contributed by atoms with van der Waals surface area (Å²) in [5.74, 6) is -0.459. The van der Waals surface area contributed by atoms with E-state index in [1.54, 1.807) is 6.92 Å². The van der Waals surface area contributed by atoms with Crippen molar-refractivity contribution in [2.45, 2.75) is 66.0 Å². The molecule has 0 aromatic carbocycles. The second-order valence-corrected chi connectivity index (χ2v) is 7.02. The van der Waals surface area contributed by atoms with Crippen LogP contribution in [0.1, 0.15) is 63.7 Å². The Bertz CT molecular complexity index is 669. The molecule has 1 fully saturated rings. The zero-order valence-electron chi connectivity index (χ0n) is 15.6. The number of hydrogen-bond acceptors (Lipinski definition) is 6. The minimum atomic E-state index is -0.795. The summed E-state index contributed by atoms with van der Waals surface area (Å²) in [6.07, 6.45) is 3.86. The number of hydrogen-bond donors (Lipinski definition) is 1. The molecule has 140 valence electrons. The van der Waals surface area contributed by atoms with Gasteiger partial charge in [-0.1, -0.05) is 13.8 Å². The molecule has 1 unspecified atom stereocenters. The molecule has 0 spiro atoms. The SMILES string of the molecule is CCOC(=O)c1c(O)c(N2CCCCC2C)nn(CCC(C)C)c1=O. The van der Waals surface area contributed by atoms with Crippen molar-refractivity contribution in [3.05, 3.63) is 15.9 Å². The molecule has 1 aliphatic heterocycles. The fourth-order valence-electron chi connectivity index (χ4n) is 3.07. The van der Waals surface area contributed by atoms with Crippen LogP contribution in [0, 0.1) is 5.92 Å². The maximum atomic E-state index is 12.7. The van der Waals surface area contributed by atoms with Crippen LogP contribution in [0.4, 0.5) is 5.82 Å². The van der Waals surface area contributed by atoms with Crippen LogP contribution < -0.4 is 10.5 Å². The average molecular weight is 351 g/mol. The van der Waals surface area contributed by atoms with Crippen molar-refractivity contribution >= 4 is 11.8 Å². The van der Waals surface area contributed by atoms with E-state index in [-0.39, 0.29) is 24.0 Å². The van der Waals surface area contributed by atoms with Gasteiger partial charge in [0.2, 0.25) is 0 Å². The van der Waals surface area contributed by atoms with Gasteiger partial charge in [-0.2, -0.15) is 0 Å². The monoisotopic (exact) mass is 351 g/mol. The molecule has 1 saturated heterocycles. The smallest absolute Gasteiger partial charge is 0.347 e. The largest absolute Gasteiger partial charge is 0.503 e. The highest BCUT2D eigenvalue weighted by molar-refractivity contribution is 5.93. The number of carbonyl (C=O) groups excluding carboxylic acids is 1. The summed E-state index contributed by atoms with van der Waals surface area (Å²) >= 11 is 0. The van der Waals surface area contributed by atoms with E-state index in [0.717, 1.165) is 32.2 Å². The number of rotatable bonds is 6. The molecule has 7 nitrogen and oxygen atoms in total. The van der Waals surface area contributed by atoms with Crippen molar-refractivity contribution < 1.29 is 14.6 Å². The predicted molar refractivity (Wildman–Crippen MR) is 96.2 cm³/mol. The molecule has 1 aromatic rings. The number of ether oxygens (including phenoxy) is 1. The Kier molecular flexibility index (Phi) is 6.45. The van der Waals surface area contributed by atoms with Crippen LogP contribution in [0.2, 0.25) is 0 Å². The van der Waals surface area contributed by atoms with E-state index in [0.29, 0.717) is 18.3 Å². The second-order valence-electron chi connectivity index (χ2n) is 7.02. The number of esters is 1. The van der Waals surface area contributed by atoms with Gasteiger partial charge in [0, 0.05) is 19.1 Å². The molecule has 0 saturated carbocycles. The molecule has 0 radical (unpaired) electrons. The lowest BCUT2D eigenvalue weighted by Crippen LogP contribution is -2.40. The summed E-state index contributed by atoms with van der Waals surface area (Å²) in [6.45, 7) is 9.14. The van der Waals surface area contributed by atoms with Gasteiger partial charge in [-0.15, -0.1) is 5.10 Å². The van der Waals surface area contributed by atoms with Gasteiger partial charge in [0.15, 0.2) is 17.1 Å². The molecule has 1 N–H and O–H groups in total. The van der Waals surface area contributed by atoms with E-state index in [4.69, 9.17) is 4.74 Å². The molecule has 25 heavy (non-hydrogen) atoms. The van der Waals surface area contributed by atoms with E-state index in [1.165, 1.54) is 4.68 Å². The van der Waals surface area contributed by atoms with Crippen molar-refractivity contribution in [1.82, 2.24) is 9.78 Å². The number of aryl methyl sites for hydroxylation is 1. The number of aromatic nitrogens is 2. The summed E-state index contributed by atoms with van der Waals surface area (Å²) in [7, 11) is 0. The third kappa shape index (κ3) is 4.32. The van der Waals surface area contributed by atoms with Crippen molar-refractivity contribution in [2.75, 3.05) is 18.1 Å².